The molecule has 1 N–H and O–H groups in total. The Labute approximate surface area is 145 Å². The summed E-state index contributed by atoms with van der Waals surface area (Å²) >= 11 is 0. The van der Waals surface area contributed by atoms with Crippen molar-refractivity contribution in [3.8, 4) is 0 Å². The Morgan fingerprint density at radius 3 is 2.84 bits per heavy atom. The number of aliphatic hydroxyl groups is 1. The van der Waals surface area contributed by atoms with Gasteiger partial charge in [-0.3, -0.25) is 4.79 Å². The SMILES string of the molecule is CO[C@@]12CC[C@H](OCCO)C[C@@H]1N(C(=O)c1ccc(F)c(F)c1)CC2. The summed E-state index contributed by atoms with van der Waals surface area (Å²) in [5, 5.41) is 8.94. The first-order chi connectivity index (χ1) is 12.0. The Balaban J connectivity index is 1.81. The number of fused-ring (bicyclic) bond motifs is 1. The van der Waals surface area contributed by atoms with E-state index in [2.05, 4.69) is 0 Å². The van der Waals surface area contributed by atoms with Gasteiger partial charge in [0.05, 0.1) is 31.0 Å². The number of halogens is 2. The molecule has 2 aliphatic rings. The van der Waals surface area contributed by atoms with Gasteiger partial charge in [-0.15, -0.1) is 0 Å². The Morgan fingerprint density at radius 2 is 2.16 bits per heavy atom. The molecular weight excluding hydrogens is 332 g/mol. The number of benzene rings is 1. The van der Waals surface area contributed by atoms with Crippen molar-refractivity contribution in [2.24, 2.45) is 0 Å². The molecular formula is C18H23F2NO4. The minimum absolute atomic E-state index is 0.0475. The molecule has 0 bridgehead atoms. The van der Waals surface area contributed by atoms with Crippen molar-refractivity contribution in [1.82, 2.24) is 4.90 Å². The van der Waals surface area contributed by atoms with Crippen molar-refractivity contribution in [2.45, 2.75) is 43.4 Å². The molecule has 1 aliphatic heterocycles. The van der Waals surface area contributed by atoms with Crippen LogP contribution in [0.15, 0.2) is 18.2 Å². The molecule has 0 aromatic heterocycles. The monoisotopic (exact) mass is 355 g/mol. The maximum atomic E-state index is 13.5. The number of rotatable bonds is 5. The minimum Gasteiger partial charge on any atom is -0.394 e. The lowest BCUT2D eigenvalue weighted by Gasteiger charge is -2.43. The number of nitrogens with zero attached hydrogens (tertiary/aromatic N) is 1. The summed E-state index contributed by atoms with van der Waals surface area (Å²) in [6, 6.07) is 3.02. The van der Waals surface area contributed by atoms with Crippen molar-refractivity contribution in [3.63, 3.8) is 0 Å². The van der Waals surface area contributed by atoms with E-state index in [0.717, 1.165) is 25.0 Å². The average molecular weight is 355 g/mol. The number of hydrogen-bond donors (Lipinski definition) is 1. The molecule has 1 amide bonds. The number of methoxy groups -OCH3 is 1. The minimum atomic E-state index is -1.03. The summed E-state index contributed by atoms with van der Waals surface area (Å²) in [5.41, 5.74) is -0.294. The highest BCUT2D eigenvalue weighted by Gasteiger charge is 2.52. The van der Waals surface area contributed by atoms with E-state index in [1.165, 1.54) is 6.07 Å². The highest BCUT2D eigenvalue weighted by atomic mass is 19.2. The summed E-state index contributed by atoms with van der Waals surface area (Å²) in [7, 11) is 1.65. The van der Waals surface area contributed by atoms with Crippen LogP contribution in [0, 0.1) is 11.6 Å². The van der Waals surface area contributed by atoms with Gasteiger partial charge in [0.15, 0.2) is 11.6 Å². The van der Waals surface area contributed by atoms with Crippen molar-refractivity contribution >= 4 is 5.91 Å². The molecule has 2 fully saturated rings. The molecule has 0 spiro atoms. The second kappa shape index (κ2) is 7.35. The molecule has 1 aromatic carbocycles. The van der Waals surface area contributed by atoms with Gasteiger partial charge in [-0.1, -0.05) is 0 Å². The Hall–Kier alpha value is -1.57. The molecule has 1 aliphatic carbocycles. The van der Waals surface area contributed by atoms with Crippen LogP contribution in [0.4, 0.5) is 8.78 Å². The zero-order valence-corrected chi connectivity index (χ0v) is 14.2. The van der Waals surface area contributed by atoms with Crippen LogP contribution in [0.1, 0.15) is 36.0 Å². The van der Waals surface area contributed by atoms with Crippen LogP contribution < -0.4 is 0 Å². The maximum absolute atomic E-state index is 13.5. The number of aliphatic hydroxyl groups excluding tert-OH is 1. The lowest BCUT2D eigenvalue weighted by atomic mass is 9.79. The summed E-state index contributed by atoms with van der Waals surface area (Å²) in [4.78, 5) is 14.5. The fraction of sp³-hybridized carbons (Fsp3) is 0.611. The highest BCUT2D eigenvalue weighted by molar-refractivity contribution is 5.94. The van der Waals surface area contributed by atoms with Crippen LogP contribution in [0.2, 0.25) is 0 Å². The molecule has 1 aromatic rings. The standard InChI is InChI=1S/C18H23F2NO4/c1-24-18-5-4-13(25-9-8-22)11-16(18)21(7-6-18)17(23)12-2-3-14(19)15(20)10-12/h2-3,10,13,16,22H,4-9,11H2,1H3/t13-,16-,18+/m0/s1. The van der Waals surface area contributed by atoms with Crippen molar-refractivity contribution in [1.29, 1.82) is 0 Å². The highest BCUT2D eigenvalue weighted by Crippen LogP contribution is 2.43. The van der Waals surface area contributed by atoms with Crippen molar-refractivity contribution in [3.05, 3.63) is 35.4 Å². The number of likely N-dealkylation sites (tertiary alicyclic amines) is 1. The summed E-state index contributed by atoms with van der Waals surface area (Å²) in [6.07, 6.45) is 2.81. The van der Waals surface area contributed by atoms with Crippen LogP contribution in [0.3, 0.4) is 0 Å². The van der Waals surface area contributed by atoms with E-state index in [1.54, 1.807) is 12.0 Å². The van der Waals surface area contributed by atoms with Gasteiger partial charge in [0.25, 0.3) is 5.91 Å². The van der Waals surface area contributed by atoms with Gasteiger partial charge in [-0.2, -0.15) is 0 Å². The van der Waals surface area contributed by atoms with Gasteiger partial charge in [0.1, 0.15) is 0 Å². The topological polar surface area (TPSA) is 59.0 Å². The molecule has 0 unspecified atom stereocenters. The fourth-order valence-corrected chi connectivity index (χ4v) is 4.07. The maximum Gasteiger partial charge on any atom is 0.254 e. The lowest BCUT2D eigenvalue weighted by molar-refractivity contribution is -0.0992. The van der Waals surface area contributed by atoms with E-state index in [0.29, 0.717) is 19.4 Å². The predicted molar refractivity (Wildman–Crippen MR) is 86.2 cm³/mol. The zero-order valence-electron chi connectivity index (χ0n) is 14.2. The lowest BCUT2D eigenvalue weighted by Crippen LogP contribution is -2.53. The van der Waals surface area contributed by atoms with Gasteiger partial charge >= 0.3 is 0 Å². The third-order valence-corrected chi connectivity index (χ3v) is 5.41. The van der Waals surface area contributed by atoms with E-state index >= 15 is 0 Å². The second-order valence-corrected chi connectivity index (χ2v) is 6.65. The molecule has 0 radical (unpaired) electrons. The Kier molecular flexibility index (Phi) is 5.36. The predicted octanol–water partition coefficient (Wildman–Crippen LogP) is 2.13. The van der Waals surface area contributed by atoms with E-state index in [4.69, 9.17) is 14.6 Å². The summed E-state index contributed by atoms with van der Waals surface area (Å²) < 4.78 is 38.1. The molecule has 3 rings (SSSR count). The van der Waals surface area contributed by atoms with Crippen LogP contribution >= 0.6 is 0 Å². The molecule has 1 saturated carbocycles. The smallest absolute Gasteiger partial charge is 0.254 e. The van der Waals surface area contributed by atoms with Gasteiger partial charge in [0.2, 0.25) is 0 Å². The van der Waals surface area contributed by atoms with Crippen LogP contribution in [0.25, 0.3) is 0 Å². The Morgan fingerprint density at radius 1 is 1.36 bits per heavy atom. The average Bonchev–Trinajstić information content (AvgIpc) is 3.01. The first-order valence-electron chi connectivity index (χ1n) is 8.54. The van der Waals surface area contributed by atoms with Gasteiger partial charge in [-0.05, 0) is 43.9 Å². The van der Waals surface area contributed by atoms with E-state index < -0.39 is 17.2 Å². The van der Waals surface area contributed by atoms with Crippen LogP contribution in [0.5, 0.6) is 0 Å². The van der Waals surface area contributed by atoms with E-state index in [9.17, 15) is 13.6 Å². The van der Waals surface area contributed by atoms with Crippen LogP contribution in [-0.2, 0) is 9.47 Å². The number of carbonyl (C=O) groups is 1. The van der Waals surface area contributed by atoms with Crippen molar-refractivity contribution < 1.29 is 28.2 Å². The van der Waals surface area contributed by atoms with Crippen molar-refractivity contribution in [2.75, 3.05) is 26.9 Å². The first kappa shape index (κ1) is 18.2. The number of ether oxygens (including phenoxy) is 2. The normalized spacial score (nSPS) is 28.9. The molecule has 138 valence electrons. The molecule has 1 heterocycles. The third-order valence-electron chi connectivity index (χ3n) is 5.41. The van der Waals surface area contributed by atoms with Gasteiger partial charge in [-0.25, -0.2) is 8.78 Å². The molecule has 1 saturated heterocycles. The summed E-state index contributed by atoms with van der Waals surface area (Å²) in [5.74, 6) is -2.33. The summed E-state index contributed by atoms with van der Waals surface area (Å²) in [6.45, 7) is 0.714. The Bertz CT molecular complexity index is 642. The molecule has 5 nitrogen and oxygen atoms in total. The van der Waals surface area contributed by atoms with Crippen LogP contribution in [-0.4, -0.2) is 60.5 Å². The zero-order chi connectivity index (χ0) is 18.0. The van der Waals surface area contributed by atoms with Gasteiger partial charge in [0, 0.05) is 19.2 Å². The molecule has 25 heavy (non-hydrogen) atoms. The number of carbonyl (C=O) groups excluding carboxylic acids is 1. The molecule has 7 heteroatoms. The number of hydrogen-bond acceptors (Lipinski definition) is 4. The fourth-order valence-electron chi connectivity index (χ4n) is 4.07. The second-order valence-electron chi connectivity index (χ2n) is 6.65. The largest absolute Gasteiger partial charge is 0.394 e. The third kappa shape index (κ3) is 3.41. The molecule has 3 atom stereocenters. The van der Waals surface area contributed by atoms with E-state index in [-0.39, 0.29) is 36.8 Å². The van der Waals surface area contributed by atoms with E-state index in [1.807, 2.05) is 0 Å². The number of amides is 1. The van der Waals surface area contributed by atoms with Gasteiger partial charge < -0.3 is 19.5 Å². The quantitative estimate of drug-likeness (QED) is 0.879. The first-order valence-corrected chi connectivity index (χ1v) is 8.54.